The molecule has 0 bridgehead atoms. The molecule has 2 radical (unpaired) electrons. The van der Waals surface area contributed by atoms with E-state index in [0.717, 1.165) is 5.46 Å². The van der Waals surface area contributed by atoms with E-state index in [1.807, 2.05) is 30.3 Å². The molecule has 0 amide bonds. The molecule has 0 saturated carbocycles. The Morgan fingerprint density at radius 2 is 1.36 bits per heavy atom. The molecule has 0 atom stereocenters. The van der Waals surface area contributed by atoms with E-state index in [9.17, 15) is 0 Å². The lowest BCUT2D eigenvalue weighted by atomic mass is 9.97. The van der Waals surface area contributed by atoms with Gasteiger partial charge in [0.2, 0.25) is 0 Å². The SMILES string of the molecule is CCN(CC)CC.[B]c1ccccc1. The number of hydrogen-bond acceptors (Lipinski definition) is 1. The van der Waals surface area contributed by atoms with Gasteiger partial charge in [-0.3, -0.25) is 0 Å². The summed E-state index contributed by atoms with van der Waals surface area (Å²) in [4.78, 5) is 2.38. The van der Waals surface area contributed by atoms with Crippen molar-refractivity contribution in [1.29, 1.82) is 0 Å². The van der Waals surface area contributed by atoms with Gasteiger partial charge in [0, 0.05) is 0 Å². The minimum absolute atomic E-state index is 0.822. The van der Waals surface area contributed by atoms with Crippen LogP contribution in [0.1, 0.15) is 20.8 Å². The van der Waals surface area contributed by atoms with Crippen molar-refractivity contribution < 1.29 is 0 Å². The summed E-state index contributed by atoms with van der Waals surface area (Å²) in [5.74, 6) is 0. The van der Waals surface area contributed by atoms with E-state index < -0.39 is 0 Å². The fourth-order valence-electron chi connectivity index (χ4n) is 1.12. The van der Waals surface area contributed by atoms with Crippen molar-refractivity contribution >= 4 is 13.3 Å². The molecule has 2 heteroatoms. The van der Waals surface area contributed by atoms with Crippen molar-refractivity contribution in [2.75, 3.05) is 19.6 Å². The largest absolute Gasteiger partial charge is 0.304 e. The summed E-state index contributed by atoms with van der Waals surface area (Å²) >= 11 is 0. The summed E-state index contributed by atoms with van der Waals surface area (Å²) in [5.41, 5.74) is 0.822. The van der Waals surface area contributed by atoms with Crippen molar-refractivity contribution in [3.63, 3.8) is 0 Å². The predicted molar refractivity (Wildman–Crippen MR) is 65.3 cm³/mol. The second-order valence-electron chi connectivity index (χ2n) is 3.03. The molecule has 0 saturated heterocycles. The van der Waals surface area contributed by atoms with Gasteiger partial charge in [0.25, 0.3) is 0 Å². The van der Waals surface area contributed by atoms with Gasteiger partial charge in [-0.25, -0.2) is 0 Å². The van der Waals surface area contributed by atoms with Crippen LogP contribution in [0.2, 0.25) is 0 Å². The average Bonchev–Trinajstić information content (AvgIpc) is 2.22. The van der Waals surface area contributed by atoms with Crippen LogP contribution in [0.4, 0.5) is 0 Å². The smallest absolute Gasteiger partial charge is 0.113 e. The molecule has 0 aliphatic carbocycles. The minimum atomic E-state index is 0.822. The third-order valence-electron chi connectivity index (χ3n) is 2.14. The van der Waals surface area contributed by atoms with E-state index in [-0.39, 0.29) is 0 Å². The lowest BCUT2D eigenvalue weighted by molar-refractivity contribution is 0.321. The van der Waals surface area contributed by atoms with Crippen LogP contribution in [0, 0.1) is 0 Å². The molecule has 0 heterocycles. The number of nitrogens with zero attached hydrogens (tertiary/aromatic N) is 1. The van der Waals surface area contributed by atoms with Crippen LogP contribution in [0.25, 0.3) is 0 Å². The second kappa shape index (κ2) is 8.83. The molecular formula is C12H20BN. The van der Waals surface area contributed by atoms with Gasteiger partial charge in [-0.2, -0.15) is 0 Å². The van der Waals surface area contributed by atoms with E-state index in [1.165, 1.54) is 19.6 Å². The van der Waals surface area contributed by atoms with Gasteiger partial charge >= 0.3 is 0 Å². The van der Waals surface area contributed by atoms with Gasteiger partial charge in [-0.1, -0.05) is 56.6 Å². The first kappa shape index (κ1) is 13.2. The number of rotatable bonds is 3. The zero-order chi connectivity index (χ0) is 10.8. The highest BCUT2D eigenvalue weighted by molar-refractivity contribution is 6.32. The Balaban J connectivity index is 0.000000241. The Labute approximate surface area is 89.5 Å². The van der Waals surface area contributed by atoms with Gasteiger partial charge in [-0.15, -0.1) is 0 Å². The van der Waals surface area contributed by atoms with E-state index in [0.29, 0.717) is 0 Å². The Kier molecular flexibility index (Phi) is 8.35. The Bertz CT molecular complexity index is 201. The van der Waals surface area contributed by atoms with Gasteiger partial charge in [0.05, 0.1) is 0 Å². The molecule has 1 aromatic carbocycles. The monoisotopic (exact) mass is 189 g/mol. The summed E-state index contributed by atoms with van der Waals surface area (Å²) < 4.78 is 0. The van der Waals surface area contributed by atoms with E-state index in [2.05, 4.69) is 25.7 Å². The molecule has 0 unspecified atom stereocenters. The van der Waals surface area contributed by atoms with Crippen molar-refractivity contribution in [2.45, 2.75) is 20.8 Å². The van der Waals surface area contributed by atoms with Gasteiger partial charge in [-0.05, 0) is 19.6 Å². The standard InChI is InChI=1S/C6H5B.C6H15N/c7-6-4-2-1-3-5-6;1-4-7(5-2)6-3/h1-5H;4-6H2,1-3H3. The molecule has 0 aliphatic heterocycles. The summed E-state index contributed by atoms with van der Waals surface area (Å²) in [6.07, 6.45) is 0. The van der Waals surface area contributed by atoms with Crippen LogP contribution in [0.15, 0.2) is 30.3 Å². The highest BCUT2D eigenvalue weighted by Crippen LogP contribution is 1.81. The van der Waals surface area contributed by atoms with Crippen LogP contribution in [0.3, 0.4) is 0 Å². The Morgan fingerprint density at radius 1 is 0.929 bits per heavy atom. The molecule has 1 rings (SSSR count). The minimum Gasteiger partial charge on any atom is -0.304 e. The molecule has 1 nitrogen and oxygen atoms in total. The lowest BCUT2D eigenvalue weighted by Crippen LogP contribution is -2.21. The zero-order valence-electron chi connectivity index (χ0n) is 9.53. The molecule has 14 heavy (non-hydrogen) atoms. The summed E-state index contributed by atoms with van der Waals surface area (Å²) in [7, 11) is 5.36. The first-order valence-electron chi connectivity index (χ1n) is 5.27. The van der Waals surface area contributed by atoms with Crippen LogP contribution in [0.5, 0.6) is 0 Å². The van der Waals surface area contributed by atoms with E-state index >= 15 is 0 Å². The van der Waals surface area contributed by atoms with E-state index in [4.69, 9.17) is 7.85 Å². The van der Waals surface area contributed by atoms with Crippen molar-refractivity contribution in [2.24, 2.45) is 0 Å². The molecule has 0 fully saturated rings. The molecule has 0 aromatic heterocycles. The maximum atomic E-state index is 5.36. The molecule has 0 spiro atoms. The summed E-state index contributed by atoms with van der Waals surface area (Å²) in [6.45, 7) is 10.1. The van der Waals surface area contributed by atoms with Gasteiger partial charge < -0.3 is 4.90 Å². The molecule has 0 aliphatic rings. The summed E-state index contributed by atoms with van der Waals surface area (Å²) in [5, 5.41) is 0. The van der Waals surface area contributed by atoms with Gasteiger partial charge in [0.15, 0.2) is 0 Å². The fraction of sp³-hybridized carbons (Fsp3) is 0.500. The molecule has 1 aromatic rings. The Hall–Kier alpha value is -0.755. The van der Waals surface area contributed by atoms with Crippen molar-refractivity contribution in [1.82, 2.24) is 4.90 Å². The van der Waals surface area contributed by atoms with Crippen LogP contribution >= 0.6 is 0 Å². The van der Waals surface area contributed by atoms with E-state index in [1.54, 1.807) is 0 Å². The lowest BCUT2D eigenvalue weighted by Gasteiger charge is -2.13. The topological polar surface area (TPSA) is 3.24 Å². The number of hydrogen-bond donors (Lipinski definition) is 0. The maximum absolute atomic E-state index is 5.36. The third kappa shape index (κ3) is 6.73. The number of benzene rings is 1. The Morgan fingerprint density at radius 3 is 1.50 bits per heavy atom. The van der Waals surface area contributed by atoms with Crippen LogP contribution < -0.4 is 5.46 Å². The highest BCUT2D eigenvalue weighted by Gasteiger charge is 1.89. The average molecular weight is 189 g/mol. The summed E-state index contributed by atoms with van der Waals surface area (Å²) in [6, 6.07) is 9.49. The van der Waals surface area contributed by atoms with Crippen LogP contribution in [-0.4, -0.2) is 32.4 Å². The van der Waals surface area contributed by atoms with Crippen molar-refractivity contribution in [3.05, 3.63) is 30.3 Å². The highest BCUT2D eigenvalue weighted by atomic mass is 15.1. The maximum Gasteiger partial charge on any atom is 0.113 e. The fourth-order valence-corrected chi connectivity index (χ4v) is 1.12. The van der Waals surface area contributed by atoms with Crippen LogP contribution in [-0.2, 0) is 0 Å². The first-order chi connectivity index (χ1) is 6.74. The molecule has 0 N–H and O–H groups in total. The molecule has 76 valence electrons. The third-order valence-corrected chi connectivity index (χ3v) is 2.14. The molecular weight excluding hydrogens is 169 g/mol. The zero-order valence-corrected chi connectivity index (χ0v) is 9.53. The normalized spacial score (nSPS) is 9.43. The van der Waals surface area contributed by atoms with Gasteiger partial charge in [0.1, 0.15) is 7.85 Å². The van der Waals surface area contributed by atoms with Crippen molar-refractivity contribution in [3.8, 4) is 0 Å². The quantitative estimate of drug-likeness (QED) is 0.655. The predicted octanol–water partition coefficient (Wildman–Crippen LogP) is 1.83. The second-order valence-corrected chi connectivity index (χ2v) is 3.03. The first-order valence-corrected chi connectivity index (χ1v) is 5.27.